The van der Waals surface area contributed by atoms with Crippen LogP contribution >= 0.6 is 11.8 Å². The normalized spacial score (nSPS) is 11.8. The molecule has 132 valence electrons. The molecule has 0 saturated heterocycles. The zero-order valence-electron chi connectivity index (χ0n) is 15.2. The minimum Gasteiger partial charge on any atom is -0.456 e. The van der Waals surface area contributed by atoms with E-state index in [0.717, 1.165) is 0 Å². The van der Waals surface area contributed by atoms with E-state index in [1.807, 2.05) is 0 Å². The van der Waals surface area contributed by atoms with Crippen LogP contribution in [-0.4, -0.2) is 35.7 Å². The molecule has 0 saturated carbocycles. The van der Waals surface area contributed by atoms with Crippen LogP contribution in [0.5, 0.6) is 0 Å². The Balaban J connectivity index is 3.35. The second-order valence-corrected chi connectivity index (χ2v) is 8.11. The SMILES string of the molecule is CSc1cc(C(=O)OC(C)(C)C)c(C=O)cc1C(=O)OC(C)(C)C. The first-order chi connectivity index (χ1) is 10.9. The van der Waals surface area contributed by atoms with Crippen LogP contribution in [0, 0.1) is 0 Å². The molecule has 0 atom stereocenters. The fourth-order valence-electron chi connectivity index (χ4n) is 1.87. The molecule has 0 aromatic heterocycles. The van der Waals surface area contributed by atoms with Crippen LogP contribution in [0.2, 0.25) is 0 Å². The Morgan fingerprint density at radius 3 is 1.75 bits per heavy atom. The van der Waals surface area contributed by atoms with E-state index in [-0.39, 0.29) is 16.7 Å². The highest BCUT2D eigenvalue weighted by atomic mass is 32.2. The Morgan fingerprint density at radius 2 is 1.38 bits per heavy atom. The zero-order chi connectivity index (χ0) is 18.7. The van der Waals surface area contributed by atoms with Crippen LogP contribution in [0.15, 0.2) is 17.0 Å². The Hall–Kier alpha value is -1.82. The lowest BCUT2D eigenvalue weighted by Gasteiger charge is -2.22. The van der Waals surface area contributed by atoms with Crippen LogP contribution < -0.4 is 0 Å². The molecule has 0 spiro atoms. The van der Waals surface area contributed by atoms with Crippen molar-refractivity contribution in [3.05, 3.63) is 28.8 Å². The molecule has 5 nitrogen and oxygen atoms in total. The zero-order valence-corrected chi connectivity index (χ0v) is 16.0. The number of hydrogen-bond acceptors (Lipinski definition) is 6. The van der Waals surface area contributed by atoms with E-state index in [9.17, 15) is 14.4 Å². The maximum atomic E-state index is 12.4. The summed E-state index contributed by atoms with van der Waals surface area (Å²) in [5.74, 6) is -1.14. The third kappa shape index (κ3) is 5.67. The maximum absolute atomic E-state index is 12.4. The van der Waals surface area contributed by atoms with Gasteiger partial charge in [0, 0.05) is 10.5 Å². The number of ether oxygens (including phenoxy) is 2. The van der Waals surface area contributed by atoms with Crippen molar-refractivity contribution in [2.75, 3.05) is 6.26 Å². The number of carbonyl (C=O) groups excluding carboxylic acids is 3. The molecular weight excluding hydrogens is 328 g/mol. The van der Waals surface area contributed by atoms with Crippen molar-refractivity contribution in [2.24, 2.45) is 0 Å². The number of aldehydes is 1. The molecule has 0 amide bonds. The van der Waals surface area contributed by atoms with Gasteiger partial charge in [-0.3, -0.25) is 4.79 Å². The average Bonchev–Trinajstić information content (AvgIpc) is 2.41. The summed E-state index contributed by atoms with van der Waals surface area (Å²) in [5, 5.41) is 0. The Labute approximate surface area is 147 Å². The molecular formula is C18H24O5S. The van der Waals surface area contributed by atoms with Gasteiger partial charge < -0.3 is 9.47 Å². The summed E-state index contributed by atoms with van der Waals surface area (Å²) in [6, 6.07) is 2.88. The fourth-order valence-corrected chi connectivity index (χ4v) is 2.46. The summed E-state index contributed by atoms with van der Waals surface area (Å²) < 4.78 is 10.7. The van der Waals surface area contributed by atoms with Crippen LogP contribution in [0.4, 0.5) is 0 Å². The lowest BCUT2D eigenvalue weighted by Crippen LogP contribution is -2.26. The van der Waals surface area contributed by atoms with Crippen molar-refractivity contribution >= 4 is 30.0 Å². The number of hydrogen-bond donors (Lipinski definition) is 0. The molecule has 1 aromatic rings. The van der Waals surface area contributed by atoms with E-state index in [0.29, 0.717) is 11.2 Å². The molecule has 0 aliphatic rings. The molecule has 0 N–H and O–H groups in total. The number of benzene rings is 1. The van der Waals surface area contributed by atoms with Gasteiger partial charge in [0.2, 0.25) is 0 Å². The highest BCUT2D eigenvalue weighted by Crippen LogP contribution is 2.27. The van der Waals surface area contributed by atoms with E-state index < -0.39 is 23.1 Å². The van der Waals surface area contributed by atoms with Gasteiger partial charge in [0.25, 0.3) is 0 Å². The van der Waals surface area contributed by atoms with Crippen molar-refractivity contribution < 1.29 is 23.9 Å². The van der Waals surface area contributed by atoms with Gasteiger partial charge in [-0.05, 0) is 59.9 Å². The predicted octanol–water partition coefficient (Wildman–Crippen LogP) is 4.13. The largest absolute Gasteiger partial charge is 0.456 e. The van der Waals surface area contributed by atoms with E-state index in [1.165, 1.54) is 23.9 Å². The molecule has 0 bridgehead atoms. The maximum Gasteiger partial charge on any atom is 0.339 e. The average molecular weight is 352 g/mol. The van der Waals surface area contributed by atoms with Crippen molar-refractivity contribution in [1.82, 2.24) is 0 Å². The molecule has 0 aliphatic carbocycles. The van der Waals surface area contributed by atoms with Crippen LogP contribution in [-0.2, 0) is 9.47 Å². The fraction of sp³-hybridized carbons (Fsp3) is 0.500. The number of thioether (sulfide) groups is 1. The number of rotatable bonds is 4. The summed E-state index contributed by atoms with van der Waals surface area (Å²) in [6.45, 7) is 10.5. The topological polar surface area (TPSA) is 69.7 Å². The van der Waals surface area contributed by atoms with Gasteiger partial charge in [0.05, 0.1) is 11.1 Å². The first-order valence-electron chi connectivity index (χ1n) is 7.52. The second kappa shape index (κ2) is 7.38. The van der Waals surface area contributed by atoms with Gasteiger partial charge >= 0.3 is 11.9 Å². The van der Waals surface area contributed by atoms with Crippen molar-refractivity contribution in [2.45, 2.75) is 57.6 Å². The van der Waals surface area contributed by atoms with E-state index >= 15 is 0 Å². The van der Waals surface area contributed by atoms with E-state index in [2.05, 4.69) is 0 Å². The number of esters is 2. The molecule has 0 radical (unpaired) electrons. The van der Waals surface area contributed by atoms with Crippen LogP contribution in [0.1, 0.15) is 72.6 Å². The predicted molar refractivity (Wildman–Crippen MR) is 93.9 cm³/mol. The Kier molecular flexibility index (Phi) is 6.22. The summed E-state index contributed by atoms with van der Waals surface area (Å²) in [7, 11) is 0. The van der Waals surface area contributed by atoms with Crippen LogP contribution in [0.3, 0.4) is 0 Å². The molecule has 0 unspecified atom stereocenters. The third-order valence-corrected chi connectivity index (χ3v) is 3.51. The summed E-state index contributed by atoms with van der Waals surface area (Å²) in [6.07, 6.45) is 2.32. The highest BCUT2D eigenvalue weighted by Gasteiger charge is 2.25. The van der Waals surface area contributed by atoms with Gasteiger partial charge in [-0.2, -0.15) is 0 Å². The van der Waals surface area contributed by atoms with Gasteiger partial charge in [-0.25, -0.2) is 9.59 Å². The summed E-state index contributed by atoms with van der Waals surface area (Å²) >= 11 is 1.29. The lowest BCUT2D eigenvalue weighted by atomic mass is 10.0. The molecule has 0 aliphatic heterocycles. The molecule has 1 aromatic carbocycles. The molecule has 0 heterocycles. The first kappa shape index (κ1) is 20.2. The van der Waals surface area contributed by atoms with Crippen molar-refractivity contribution in [3.8, 4) is 0 Å². The van der Waals surface area contributed by atoms with Gasteiger partial charge in [0.15, 0.2) is 6.29 Å². The van der Waals surface area contributed by atoms with E-state index in [1.54, 1.807) is 47.8 Å². The molecule has 0 fully saturated rings. The quantitative estimate of drug-likeness (QED) is 0.461. The van der Waals surface area contributed by atoms with Gasteiger partial charge in [-0.15, -0.1) is 11.8 Å². The Bertz CT molecular complexity index is 651. The molecule has 1 rings (SSSR count). The summed E-state index contributed by atoms with van der Waals surface area (Å²) in [5.41, 5.74) is -0.843. The minimum absolute atomic E-state index is 0.0999. The highest BCUT2D eigenvalue weighted by molar-refractivity contribution is 7.98. The van der Waals surface area contributed by atoms with Crippen molar-refractivity contribution in [1.29, 1.82) is 0 Å². The van der Waals surface area contributed by atoms with Crippen LogP contribution in [0.25, 0.3) is 0 Å². The standard InChI is InChI=1S/C18H24O5S/c1-17(2,3)22-15(20)12-9-14(24-7)13(8-11(12)10-19)16(21)23-18(4,5)6/h8-10H,1-7H3. The van der Waals surface area contributed by atoms with Gasteiger partial charge in [0.1, 0.15) is 11.2 Å². The lowest BCUT2D eigenvalue weighted by molar-refractivity contribution is 0.00480. The monoisotopic (exact) mass is 352 g/mol. The second-order valence-electron chi connectivity index (χ2n) is 7.26. The first-order valence-corrected chi connectivity index (χ1v) is 8.74. The molecule has 6 heteroatoms. The molecule has 24 heavy (non-hydrogen) atoms. The smallest absolute Gasteiger partial charge is 0.339 e. The van der Waals surface area contributed by atoms with E-state index in [4.69, 9.17) is 9.47 Å². The third-order valence-electron chi connectivity index (χ3n) is 2.74. The minimum atomic E-state index is -0.680. The summed E-state index contributed by atoms with van der Waals surface area (Å²) in [4.78, 5) is 36.6. The van der Waals surface area contributed by atoms with Crippen molar-refractivity contribution in [3.63, 3.8) is 0 Å². The van der Waals surface area contributed by atoms with Gasteiger partial charge in [-0.1, -0.05) is 0 Å². The number of carbonyl (C=O) groups is 3. The Morgan fingerprint density at radius 1 is 0.917 bits per heavy atom.